The molecule has 0 saturated heterocycles. The van der Waals surface area contributed by atoms with E-state index in [0.29, 0.717) is 17.6 Å². The lowest BCUT2D eigenvalue weighted by Crippen LogP contribution is -2.33. The molecule has 0 fully saturated rings. The van der Waals surface area contributed by atoms with E-state index in [-0.39, 0.29) is 11.9 Å². The quantitative estimate of drug-likeness (QED) is 0.861. The van der Waals surface area contributed by atoms with Crippen LogP contribution >= 0.6 is 0 Å². The van der Waals surface area contributed by atoms with E-state index in [4.69, 9.17) is 0 Å². The minimum Gasteiger partial charge on any atom is -0.369 e. The van der Waals surface area contributed by atoms with Gasteiger partial charge in [0.2, 0.25) is 0 Å². The lowest BCUT2D eigenvalue weighted by Gasteiger charge is -2.30. The molecule has 3 heteroatoms. The first kappa shape index (κ1) is 15.0. The van der Waals surface area contributed by atoms with Crippen LogP contribution < -0.4 is 10.2 Å². The zero-order valence-electron chi connectivity index (χ0n) is 12.3. The Morgan fingerprint density at radius 1 is 1.17 bits per heavy atom. The van der Waals surface area contributed by atoms with Gasteiger partial charge in [-0.25, -0.2) is 4.39 Å². The number of benzene rings is 1. The van der Waals surface area contributed by atoms with Crippen LogP contribution in [-0.4, -0.2) is 20.1 Å². The third-order valence-electron chi connectivity index (χ3n) is 3.86. The summed E-state index contributed by atoms with van der Waals surface area (Å²) in [6, 6.07) is 5.97. The van der Waals surface area contributed by atoms with E-state index in [1.165, 1.54) is 0 Å². The molecule has 0 aliphatic heterocycles. The Morgan fingerprint density at radius 3 is 2.22 bits per heavy atom. The van der Waals surface area contributed by atoms with Gasteiger partial charge in [0.25, 0.3) is 0 Å². The highest BCUT2D eigenvalue weighted by atomic mass is 19.1. The fraction of sp³-hybridized carbons (Fsp3) is 0.600. The van der Waals surface area contributed by atoms with Gasteiger partial charge in [-0.2, -0.15) is 0 Å². The van der Waals surface area contributed by atoms with E-state index in [2.05, 4.69) is 26.1 Å². The molecule has 0 heterocycles. The molecule has 1 aromatic rings. The van der Waals surface area contributed by atoms with E-state index in [9.17, 15) is 4.39 Å². The number of hydrogen-bond donors (Lipinski definition) is 1. The largest absolute Gasteiger partial charge is 0.369 e. The van der Waals surface area contributed by atoms with Gasteiger partial charge in [0, 0.05) is 19.1 Å². The highest BCUT2D eigenvalue weighted by Gasteiger charge is 2.17. The summed E-state index contributed by atoms with van der Waals surface area (Å²) in [4.78, 5) is 2.01. The fourth-order valence-corrected chi connectivity index (χ4v) is 1.91. The van der Waals surface area contributed by atoms with Gasteiger partial charge in [-0.05, 0) is 44.5 Å². The summed E-state index contributed by atoms with van der Waals surface area (Å²) in [5.74, 6) is 0.343. The maximum absolute atomic E-state index is 14.2. The lowest BCUT2D eigenvalue weighted by molar-refractivity contribution is 0.497. The van der Waals surface area contributed by atoms with Crippen LogP contribution in [0.2, 0.25) is 0 Å². The first-order valence-electron chi connectivity index (χ1n) is 6.58. The average molecular weight is 252 g/mol. The van der Waals surface area contributed by atoms with Crippen molar-refractivity contribution in [3.05, 3.63) is 29.6 Å². The molecule has 18 heavy (non-hydrogen) atoms. The van der Waals surface area contributed by atoms with Crippen molar-refractivity contribution in [1.82, 2.24) is 5.32 Å². The molecular formula is C15H25FN2. The van der Waals surface area contributed by atoms with E-state index in [1.54, 1.807) is 6.07 Å². The van der Waals surface area contributed by atoms with Crippen molar-refractivity contribution >= 4 is 5.69 Å². The smallest absolute Gasteiger partial charge is 0.146 e. The number of halogens is 1. The minimum absolute atomic E-state index is 0.149. The number of hydrogen-bond acceptors (Lipinski definition) is 2. The summed E-state index contributed by atoms with van der Waals surface area (Å²) < 4.78 is 14.2. The standard InChI is InChI=1S/C15H25FN2/c1-10(2)12(4)18(6)15-8-7-13(9-14(15)16)11(3)17-5/h7-12,17H,1-6H3. The van der Waals surface area contributed by atoms with E-state index < -0.39 is 0 Å². The highest BCUT2D eigenvalue weighted by molar-refractivity contribution is 5.49. The van der Waals surface area contributed by atoms with Gasteiger partial charge in [-0.15, -0.1) is 0 Å². The number of rotatable bonds is 5. The molecule has 1 N–H and O–H groups in total. The lowest BCUT2D eigenvalue weighted by atomic mass is 10.0. The van der Waals surface area contributed by atoms with E-state index >= 15 is 0 Å². The van der Waals surface area contributed by atoms with Crippen molar-refractivity contribution < 1.29 is 4.39 Å². The Bertz CT molecular complexity index is 390. The third kappa shape index (κ3) is 3.22. The Morgan fingerprint density at radius 2 is 1.78 bits per heavy atom. The first-order chi connectivity index (χ1) is 8.38. The number of nitrogens with one attached hydrogen (secondary N) is 1. The number of anilines is 1. The topological polar surface area (TPSA) is 15.3 Å². The summed E-state index contributed by atoms with van der Waals surface area (Å²) in [5, 5.41) is 3.12. The Balaban J connectivity index is 2.98. The Labute approximate surface area is 110 Å². The van der Waals surface area contributed by atoms with Crippen molar-refractivity contribution in [1.29, 1.82) is 0 Å². The second kappa shape index (κ2) is 6.19. The molecule has 2 unspecified atom stereocenters. The molecule has 1 rings (SSSR count). The molecule has 0 spiro atoms. The zero-order valence-corrected chi connectivity index (χ0v) is 12.3. The maximum Gasteiger partial charge on any atom is 0.146 e. The molecule has 0 aliphatic rings. The summed E-state index contributed by atoms with van der Waals surface area (Å²) in [5.41, 5.74) is 1.65. The summed E-state index contributed by atoms with van der Waals surface area (Å²) in [7, 11) is 3.83. The molecule has 0 radical (unpaired) electrons. The van der Waals surface area contributed by atoms with Crippen LogP contribution in [0.1, 0.15) is 39.3 Å². The second-order valence-electron chi connectivity index (χ2n) is 5.32. The van der Waals surface area contributed by atoms with Crippen LogP contribution in [-0.2, 0) is 0 Å². The van der Waals surface area contributed by atoms with Crippen molar-refractivity contribution in [3.8, 4) is 0 Å². The fourth-order valence-electron chi connectivity index (χ4n) is 1.91. The van der Waals surface area contributed by atoms with Crippen LogP contribution in [0.25, 0.3) is 0 Å². The Kier molecular flexibility index (Phi) is 5.15. The summed E-state index contributed by atoms with van der Waals surface area (Å²) in [6.45, 7) is 8.44. The molecule has 0 aliphatic carbocycles. The zero-order chi connectivity index (χ0) is 13.9. The molecule has 0 amide bonds. The third-order valence-corrected chi connectivity index (χ3v) is 3.86. The predicted molar refractivity (Wildman–Crippen MR) is 76.6 cm³/mol. The van der Waals surface area contributed by atoms with Crippen molar-refractivity contribution in [2.75, 3.05) is 19.0 Å². The summed E-state index contributed by atoms with van der Waals surface area (Å²) in [6.07, 6.45) is 0. The van der Waals surface area contributed by atoms with Gasteiger partial charge in [-0.1, -0.05) is 19.9 Å². The van der Waals surface area contributed by atoms with Crippen molar-refractivity contribution in [2.24, 2.45) is 5.92 Å². The predicted octanol–water partition coefficient (Wildman–Crippen LogP) is 3.59. The molecule has 102 valence electrons. The molecule has 0 aromatic heterocycles. The van der Waals surface area contributed by atoms with E-state index in [0.717, 1.165) is 5.56 Å². The van der Waals surface area contributed by atoms with Crippen LogP contribution in [0, 0.1) is 11.7 Å². The van der Waals surface area contributed by atoms with Crippen LogP contribution in [0.15, 0.2) is 18.2 Å². The SMILES string of the molecule is CNC(C)c1ccc(N(C)C(C)C(C)C)c(F)c1. The van der Waals surface area contributed by atoms with Gasteiger partial charge in [0.15, 0.2) is 0 Å². The monoisotopic (exact) mass is 252 g/mol. The highest BCUT2D eigenvalue weighted by Crippen LogP contribution is 2.25. The Hall–Kier alpha value is -1.09. The van der Waals surface area contributed by atoms with E-state index in [1.807, 2.05) is 38.1 Å². The van der Waals surface area contributed by atoms with Crippen LogP contribution in [0.3, 0.4) is 0 Å². The molecule has 1 aromatic carbocycles. The van der Waals surface area contributed by atoms with Gasteiger partial charge < -0.3 is 10.2 Å². The molecule has 2 nitrogen and oxygen atoms in total. The van der Waals surface area contributed by atoms with Crippen LogP contribution in [0.4, 0.5) is 10.1 Å². The normalized spacial score (nSPS) is 14.7. The molecule has 2 atom stereocenters. The minimum atomic E-state index is -0.149. The van der Waals surface area contributed by atoms with Gasteiger partial charge in [0.1, 0.15) is 5.82 Å². The van der Waals surface area contributed by atoms with Crippen LogP contribution in [0.5, 0.6) is 0 Å². The maximum atomic E-state index is 14.2. The average Bonchev–Trinajstić information content (AvgIpc) is 2.35. The molecule has 0 bridgehead atoms. The molecule has 0 saturated carbocycles. The number of nitrogens with zero attached hydrogens (tertiary/aromatic N) is 1. The van der Waals surface area contributed by atoms with Crippen molar-refractivity contribution in [3.63, 3.8) is 0 Å². The first-order valence-corrected chi connectivity index (χ1v) is 6.58. The van der Waals surface area contributed by atoms with Crippen molar-refractivity contribution in [2.45, 2.75) is 39.8 Å². The summed E-state index contributed by atoms with van der Waals surface area (Å²) >= 11 is 0. The second-order valence-corrected chi connectivity index (χ2v) is 5.32. The molecular weight excluding hydrogens is 227 g/mol. The van der Waals surface area contributed by atoms with Gasteiger partial charge >= 0.3 is 0 Å². The van der Waals surface area contributed by atoms with Gasteiger partial charge in [0.05, 0.1) is 5.69 Å². The van der Waals surface area contributed by atoms with Gasteiger partial charge in [-0.3, -0.25) is 0 Å².